The summed E-state index contributed by atoms with van der Waals surface area (Å²) in [5, 5.41) is 5.00. The molecule has 0 unspecified atom stereocenters. The minimum atomic E-state index is -0.676. The molecule has 0 aliphatic heterocycles. The average Bonchev–Trinajstić information content (AvgIpc) is 2.66. The molecule has 0 radical (unpaired) electrons. The molecule has 1 aliphatic carbocycles. The van der Waals surface area contributed by atoms with Gasteiger partial charge in [0.2, 0.25) is 0 Å². The first-order chi connectivity index (χ1) is 13.3. The summed E-state index contributed by atoms with van der Waals surface area (Å²) in [5.41, 5.74) is 1.17. The lowest BCUT2D eigenvalue weighted by molar-refractivity contribution is -0.150. The van der Waals surface area contributed by atoms with Crippen molar-refractivity contribution in [3.63, 3.8) is 0 Å². The Morgan fingerprint density at radius 3 is 2.39 bits per heavy atom. The smallest absolute Gasteiger partial charge is 0.344 e. The van der Waals surface area contributed by atoms with E-state index in [2.05, 4.69) is 31.4 Å². The number of carbonyl (C=O) groups is 3. The number of ether oxygens (including phenoxy) is 2. The standard InChI is InChI=1S/C21H30N2O5/c1-14(2)16-8-10-17(11-9-16)27-13-20(25)28-12-19(24)23-21(26)22-18-7-5-4-6-15(18)3/h8-11,14-15,18H,4-7,12-13H2,1-3H3,(H2,22,23,24,26)/t15-,18-/m1/s1. The van der Waals surface area contributed by atoms with E-state index in [0.717, 1.165) is 19.3 Å². The van der Waals surface area contributed by atoms with E-state index in [-0.39, 0.29) is 12.6 Å². The molecule has 2 N–H and O–H groups in total. The number of carbonyl (C=O) groups excluding carboxylic acids is 3. The Morgan fingerprint density at radius 1 is 1.07 bits per heavy atom. The fourth-order valence-electron chi connectivity index (χ4n) is 3.18. The number of nitrogens with one attached hydrogen (secondary N) is 2. The molecule has 7 heteroatoms. The van der Waals surface area contributed by atoms with Gasteiger partial charge in [-0.15, -0.1) is 0 Å². The topological polar surface area (TPSA) is 93.7 Å². The number of imide groups is 1. The van der Waals surface area contributed by atoms with Crippen LogP contribution < -0.4 is 15.4 Å². The molecule has 0 heterocycles. The van der Waals surface area contributed by atoms with Crippen LogP contribution in [0.15, 0.2) is 24.3 Å². The maximum atomic E-state index is 11.9. The average molecular weight is 390 g/mol. The minimum Gasteiger partial charge on any atom is -0.482 e. The highest BCUT2D eigenvalue weighted by atomic mass is 16.6. The lowest BCUT2D eigenvalue weighted by Crippen LogP contribution is -2.48. The van der Waals surface area contributed by atoms with Gasteiger partial charge in [0.25, 0.3) is 5.91 Å². The van der Waals surface area contributed by atoms with Crippen molar-refractivity contribution < 1.29 is 23.9 Å². The predicted molar refractivity (Wildman–Crippen MR) is 105 cm³/mol. The molecule has 2 rings (SSSR count). The Hall–Kier alpha value is -2.57. The number of esters is 1. The summed E-state index contributed by atoms with van der Waals surface area (Å²) >= 11 is 0. The fourth-order valence-corrected chi connectivity index (χ4v) is 3.18. The van der Waals surface area contributed by atoms with Gasteiger partial charge in [-0.3, -0.25) is 10.1 Å². The van der Waals surface area contributed by atoms with Crippen molar-refractivity contribution in [1.82, 2.24) is 10.6 Å². The zero-order valence-corrected chi connectivity index (χ0v) is 16.8. The van der Waals surface area contributed by atoms with Crippen LogP contribution in [0.25, 0.3) is 0 Å². The molecule has 3 amide bonds. The summed E-state index contributed by atoms with van der Waals surface area (Å²) in [6, 6.07) is 6.95. The Morgan fingerprint density at radius 2 is 1.75 bits per heavy atom. The maximum absolute atomic E-state index is 11.9. The number of amides is 3. The minimum absolute atomic E-state index is 0.0691. The van der Waals surface area contributed by atoms with E-state index in [1.165, 1.54) is 12.0 Å². The van der Waals surface area contributed by atoms with Crippen LogP contribution in [0, 0.1) is 5.92 Å². The summed E-state index contributed by atoms with van der Waals surface area (Å²) in [5.74, 6) is 0.00186. The van der Waals surface area contributed by atoms with Gasteiger partial charge < -0.3 is 14.8 Å². The van der Waals surface area contributed by atoms with Gasteiger partial charge in [0.1, 0.15) is 5.75 Å². The molecule has 0 saturated heterocycles. The molecule has 1 saturated carbocycles. The number of hydrogen-bond donors (Lipinski definition) is 2. The zero-order valence-electron chi connectivity index (χ0n) is 16.8. The SMILES string of the molecule is CC(C)c1ccc(OCC(=O)OCC(=O)NC(=O)N[C@@H]2CCCC[C@H]2C)cc1. The second kappa shape index (κ2) is 10.7. The molecular weight excluding hydrogens is 360 g/mol. The molecule has 28 heavy (non-hydrogen) atoms. The van der Waals surface area contributed by atoms with Crippen LogP contribution in [-0.4, -0.2) is 37.2 Å². The maximum Gasteiger partial charge on any atom is 0.344 e. The van der Waals surface area contributed by atoms with Crippen LogP contribution in [0.2, 0.25) is 0 Å². The lowest BCUT2D eigenvalue weighted by atomic mass is 9.86. The molecule has 1 fully saturated rings. The Labute approximate surface area is 166 Å². The van der Waals surface area contributed by atoms with Gasteiger partial charge in [-0.25, -0.2) is 9.59 Å². The quantitative estimate of drug-likeness (QED) is 0.698. The summed E-state index contributed by atoms with van der Waals surface area (Å²) in [6.07, 6.45) is 4.21. The summed E-state index contributed by atoms with van der Waals surface area (Å²) in [4.78, 5) is 35.4. The first-order valence-corrected chi connectivity index (χ1v) is 9.84. The second-order valence-electron chi connectivity index (χ2n) is 7.56. The third kappa shape index (κ3) is 7.21. The molecule has 1 aromatic rings. The van der Waals surface area contributed by atoms with Crippen molar-refractivity contribution in [1.29, 1.82) is 0 Å². The van der Waals surface area contributed by atoms with Crippen molar-refractivity contribution in [2.24, 2.45) is 5.92 Å². The third-order valence-electron chi connectivity index (χ3n) is 4.95. The summed E-state index contributed by atoms with van der Waals surface area (Å²) in [7, 11) is 0. The molecule has 1 aromatic carbocycles. The molecule has 0 spiro atoms. The van der Waals surface area contributed by atoms with Gasteiger partial charge in [-0.1, -0.05) is 45.7 Å². The largest absolute Gasteiger partial charge is 0.482 e. The van der Waals surface area contributed by atoms with E-state index >= 15 is 0 Å². The van der Waals surface area contributed by atoms with Gasteiger partial charge in [-0.05, 0) is 42.4 Å². The van der Waals surface area contributed by atoms with E-state index in [1.807, 2.05) is 12.1 Å². The third-order valence-corrected chi connectivity index (χ3v) is 4.95. The first-order valence-electron chi connectivity index (χ1n) is 9.84. The van der Waals surface area contributed by atoms with Gasteiger partial charge in [0.05, 0.1) is 0 Å². The number of hydrogen-bond acceptors (Lipinski definition) is 5. The summed E-state index contributed by atoms with van der Waals surface area (Å²) in [6.45, 7) is 5.44. The number of urea groups is 1. The van der Waals surface area contributed by atoms with Crippen molar-refractivity contribution >= 4 is 17.9 Å². The Kier molecular flexibility index (Phi) is 8.29. The van der Waals surface area contributed by atoms with Gasteiger partial charge >= 0.3 is 12.0 Å². The van der Waals surface area contributed by atoms with Gasteiger partial charge in [0.15, 0.2) is 13.2 Å². The monoisotopic (exact) mass is 390 g/mol. The number of benzene rings is 1. The Bertz CT molecular complexity index is 672. The second-order valence-corrected chi connectivity index (χ2v) is 7.56. The van der Waals surface area contributed by atoms with Crippen LogP contribution >= 0.6 is 0 Å². The van der Waals surface area contributed by atoms with Gasteiger partial charge in [0, 0.05) is 6.04 Å². The normalized spacial score (nSPS) is 19.0. The van der Waals surface area contributed by atoms with Crippen molar-refractivity contribution in [2.45, 2.75) is 58.4 Å². The van der Waals surface area contributed by atoms with E-state index < -0.39 is 24.5 Å². The molecule has 0 aromatic heterocycles. The summed E-state index contributed by atoms with van der Waals surface area (Å²) < 4.78 is 10.2. The zero-order chi connectivity index (χ0) is 20.5. The van der Waals surface area contributed by atoms with Crippen LogP contribution in [0.5, 0.6) is 5.75 Å². The lowest BCUT2D eigenvalue weighted by Gasteiger charge is -2.29. The molecule has 0 bridgehead atoms. The van der Waals surface area contributed by atoms with Crippen molar-refractivity contribution in [3.8, 4) is 5.75 Å². The molecular formula is C21H30N2O5. The predicted octanol–water partition coefficient (Wildman–Crippen LogP) is 3.14. The van der Waals surface area contributed by atoms with Crippen molar-refractivity contribution in [2.75, 3.05) is 13.2 Å². The molecule has 1 aliphatic rings. The van der Waals surface area contributed by atoms with E-state index in [4.69, 9.17) is 9.47 Å². The van der Waals surface area contributed by atoms with E-state index in [1.54, 1.807) is 12.1 Å². The highest BCUT2D eigenvalue weighted by Crippen LogP contribution is 2.23. The molecule has 154 valence electrons. The first kappa shape index (κ1) is 21.7. The molecule has 2 atom stereocenters. The van der Waals surface area contributed by atoms with Crippen LogP contribution in [0.1, 0.15) is 57.9 Å². The van der Waals surface area contributed by atoms with Gasteiger partial charge in [-0.2, -0.15) is 0 Å². The highest BCUT2D eigenvalue weighted by molar-refractivity contribution is 5.95. The fraction of sp³-hybridized carbons (Fsp3) is 0.571. The van der Waals surface area contributed by atoms with E-state index in [9.17, 15) is 14.4 Å². The van der Waals surface area contributed by atoms with E-state index in [0.29, 0.717) is 17.6 Å². The van der Waals surface area contributed by atoms with Crippen molar-refractivity contribution in [3.05, 3.63) is 29.8 Å². The van der Waals surface area contributed by atoms with Crippen LogP contribution in [0.4, 0.5) is 4.79 Å². The van der Waals surface area contributed by atoms with Crippen LogP contribution in [-0.2, 0) is 14.3 Å². The number of rotatable bonds is 7. The molecule has 7 nitrogen and oxygen atoms in total. The highest BCUT2D eigenvalue weighted by Gasteiger charge is 2.23. The van der Waals surface area contributed by atoms with Crippen LogP contribution in [0.3, 0.4) is 0 Å². The Balaban J connectivity index is 1.64.